The first-order chi connectivity index (χ1) is 17.7. The molecule has 0 unspecified atom stereocenters. The highest BCUT2D eigenvalue weighted by atomic mass is 19.4. The number of carbonyl (C=O) groups excluding carboxylic acids is 2. The predicted molar refractivity (Wildman–Crippen MR) is 131 cm³/mol. The largest absolute Gasteiger partial charge is 0.490 e. The predicted octanol–water partition coefficient (Wildman–Crippen LogP) is 4.17. The van der Waals surface area contributed by atoms with Crippen LogP contribution in [0.2, 0.25) is 0 Å². The van der Waals surface area contributed by atoms with Crippen LogP contribution >= 0.6 is 0 Å². The Hall–Kier alpha value is -4.32. The number of alkyl halides is 3. The lowest BCUT2D eigenvalue weighted by Gasteiger charge is -2.16. The van der Waals surface area contributed by atoms with E-state index in [1.807, 2.05) is 0 Å². The molecule has 37 heavy (non-hydrogen) atoms. The zero-order valence-corrected chi connectivity index (χ0v) is 20.1. The summed E-state index contributed by atoms with van der Waals surface area (Å²) in [6.45, 7) is 0.739. The molecule has 0 atom stereocenters. The number of anilines is 1. The highest BCUT2D eigenvalue weighted by Gasteiger charge is 2.31. The van der Waals surface area contributed by atoms with E-state index in [1.165, 1.54) is 25.4 Å². The van der Waals surface area contributed by atoms with Gasteiger partial charge >= 0.3 is 12.2 Å². The molecule has 0 aliphatic heterocycles. The van der Waals surface area contributed by atoms with Gasteiger partial charge in [-0.15, -0.1) is 0 Å². The standard InChI is InChI=1S/C25H26F3N5O4/c1-29-10-11-36-22-7-6-17(25(26,27)28)13-20(22)33-24(35)32-15-16-4-3-5-18(12-16)37-19-8-9-31-21(14-19)23(34)30-2/h3-9,12-14,29H,10-11,15H2,1-2H3,(H,30,34)(H2,32,33,35). The Kier molecular flexibility index (Phi) is 9.27. The maximum Gasteiger partial charge on any atom is 0.416 e. The lowest BCUT2D eigenvalue weighted by Crippen LogP contribution is -2.28. The molecule has 3 aromatic rings. The molecule has 0 fully saturated rings. The van der Waals surface area contributed by atoms with Crippen molar-refractivity contribution in [3.05, 3.63) is 77.6 Å². The number of halogens is 3. The SMILES string of the molecule is CNCCOc1ccc(C(F)(F)F)cc1NC(=O)NCc1cccc(Oc2ccnc(C(=O)NC)c2)c1. The maximum atomic E-state index is 13.2. The summed E-state index contributed by atoms with van der Waals surface area (Å²) in [7, 11) is 3.21. The van der Waals surface area contributed by atoms with Crippen LogP contribution in [0, 0.1) is 0 Å². The van der Waals surface area contributed by atoms with Gasteiger partial charge in [-0.3, -0.25) is 9.78 Å². The summed E-state index contributed by atoms with van der Waals surface area (Å²) in [5.74, 6) is 0.603. The Morgan fingerprint density at radius 1 is 1.00 bits per heavy atom. The number of aromatic nitrogens is 1. The van der Waals surface area contributed by atoms with Crippen molar-refractivity contribution in [1.82, 2.24) is 20.9 Å². The van der Waals surface area contributed by atoms with Crippen LogP contribution in [0.15, 0.2) is 60.8 Å². The summed E-state index contributed by atoms with van der Waals surface area (Å²) in [6, 6.07) is 12.1. The second-order valence-electron chi connectivity index (χ2n) is 7.67. The lowest BCUT2D eigenvalue weighted by molar-refractivity contribution is -0.137. The normalized spacial score (nSPS) is 10.9. The number of amides is 3. The minimum atomic E-state index is -4.58. The molecular weight excluding hydrogens is 491 g/mol. The maximum absolute atomic E-state index is 13.2. The molecule has 4 N–H and O–H groups in total. The van der Waals surface area contributed by atoms with Crippen molar-refractivity contribution in [2.75, 3.05) is 32.6 Å². The van der Waals surface area contributed by atoms with E-state index in [4.69, 9.17) is 9.47 Å². The van der Waals surface area contributed by atoms with Crippen molar-refractivity contribution < 1.29 is 32.2 Å². The first-order valence-corrected chi connectivity index (χ1v) is 11.2. The van der Waals surface area contributed by atoms with Gasteiger partial charge < -0.3 is 30.7 Å². The molecule has 0 aliphatic rings. The first kappa shape index (κ1) is 27.3. The third-order valence-electron chi connectivity index (χ3n) is 4.94. The van der Waals surface area contributed by atoms with Crippen LogP contribution in [0.5, 0.6) is 17.2 Å². The summed E-state index contributed by atoms with van der Waals surface area (Å²) in [5.41, 5.74) is -0.157. The van der Waals surface area contributed by atoms with E-state index >= 15 is 0 Å². The first-order valence-electron chi connectivity index (χ1n) is 11.2. The molecular formula is C25H26F3N5O4. The fourth-order valence-corrected chi connectivity index (χ4v) is 3.12. The third kappa shape index (κ3) is 8.10. The molecule has 3 amide bonds. The lowest BCUT2D eigenvalue weighted by atomic mass is 10.1. The van der Waals surface area contributed by atoms with Crippen LogP contribution in [0.3, 0.4) is 0 Å². The molecule has 0 spiro atoms. The Morgan fingerprint density at radius 3 is 2.51 bits per heavy atom. The third-order valence-corrected chi connectivity index (χ3v) is 4.94. The van der Waals surface area contributed by atoms with Crippen molar-refractivity contribution in [2.45, 2.75) is 12.7 Å². The number of pyridine rings is 1. The van der Waals surface area contributed by atoms with Gasteiger partial charge in [-0.2, -0.15) is 13.2 Å². The Morgan fingerprint density at radius 2 is 1.78 bits per heavy atom. The number of urea groups is 1. The van der Waals surface area contributed by atoms with Crippen molar-refractivity contribution in [3.63, 3.8) is 0 Å². The van der Waals surface area contributed by atoms with E-state index in [0.717, 1.165) is 12.1 Å². The number of nitrogens with one attached hydrogen (secondary N) is 4. The van der Waals surface area contributed by atoms with Gasteiger partial charge in [-0.1, -0.05) is 12.1 Å². The van der Waals surface area contributed by atoms with Gasteiger partial charge in [-0.05, 0) is 49.0 Å². The highest BCUT2D eigenvalue weighted by Crippen LogP contribution is 2.35. The molecule has 0 bridgehead atoms. The van der Waals surface area contributed by atoms with Gasteiger partial charge in [0, 0.05) is 32.4 Å². The van der Waals surface area contributed by atoms with Gasteiger partial charge in [0.2, 0.25) is 0 Å². The summed E-state index contributed by atoms with van der Waals surface area (Å²) in [6.07, 6.45) is -3.13. The summed E-state index contributed by atoms with van der Waals surface area (Å²) >= 11 is 0. The number of hydrogen-bond acceptors (Lipinski definition) is 6. The van der Waals surface area contributed by atoms with Crippen LogP contribution in [0.25, 0.3) is 0 Å². The van der Waals surface area contributed by atoms with E-state index in [-0.39, 0.29) is 36.2 Å². The second-order valence-corrected chi connectivity index (χ2v) is 7.67. The van der Waals surface area contributed by atoms with Crippen LogP contribution < -0.4 is 30.7 Å². The number of rotatable bonds is 10. The molecule has 0 saturated heterocycles. The van der Waals surface area contributed by atoms with Gasteiger partial charge in [0.25, 0.3) is 5.91 Å². The van der Waals surface area contributed by atoms with Crippen molar-refractivity contribution in [2.24, 2.45) is 0 Å². The molecule has 2 aromatic carbocycles. The zero-order chi connectivity index (χ0) is 26.8. The molecule has 3 rings (SSSR count). The van der Waals surface area contributed by atoms with Crippen molar-refractivity contribution >= 4 is 17.6 Å². The molecule has 0 aliphatic carbocycles. The second kappa shape index (κ2) is 12.6. The highest BCUT2D eigenvalue weighted by molar-refractivity contribution is 5.92. The zero-order valence-electron chi connectivity index (χ0n) is 20.1. The van der Waals surface area contributed by atoms with Gasteiger partial charge in [0.05, 0.1) is 11.3 Å². The van der Waals surface area contributed by atoms with E-state index < -0.39 is 17.8 Å². The molecule has 196 valence electrons. The Bertz CT molecular complexity index is 1240. The number of likely N-dealkylation sites (N-methyl/N-ethyl adjacent to an activating group) is 1. The number of hydrogen-bond donors (Lipinski definition) is 4. The van der Waals surface area contributed by atoms with E-state index in [2.05, 4.69) is 26.3 Å². The number of carbonyl (C=O) groups is 2. The van der Waals surface area contributed by atoms with E-state index in [0.29, 0.717) is 23.6 Å². The van der Waals surface area contributed by atoms with Crippen LogP contribution in [0.4, 0.5) is 23.7 Å². The summed E-state index contributed by atoms with van der Waals surface area (Å²) in [4.78, 5) is 28.2. The fraction of sp³-hybridized carbons (Fsp3) is 0.240. The Labute approximate surface area is 211 Å². The average Bonchev–Trinajstić information content (AvgIpc) is 2.87. The molecule has 12 heteroatoms. The quantitative estimate of drug-likeness (QED) is 0.300. The molecule has 0 saturated carbocycles. The van der Waals surface area contributed by atoms with Crippen LogP contribution in [-0.4, -0.2) is 44.2 Å². The van der Waals surface area contributed by atoms with E-state index in [9.17, 15) is 22.8 Å². The smallest absolute Gasteiger partial charge is 0.416 e. The van der Waals surface area contributed by atoms with E-state index in [1.54, 1.807) is 37.4 Å². The monoisotopic (exact) mass is 517 g/mol. The molecule has 0 radical (unpaired) electrons. The van der Waals surface area contributed by atoms with Crippen molar-refractivity contribution in [1.29, 1.82) is 0 Å². The number of benzene rings is 2. The minimum Gasteiger partial charge on any atom is -0.490 e. The topological polar surface area (TPSA) is 114 Å². The summed E-state index contributed by atoms with van der Waals surface area (Å²) < 4.78 is 50.8. The van der Waals surface area contributed by atoms with Crippen molar-refractivity contribution in [3.8, 4) is 17.2 Å². The number of nitrogens with zero attached hydrogens (tertiary/aromatic N) is 1. The van der Waals surface area contributed by atoms with Gasteiger partial charge in [0.15, 0.2) is 0 Å². The molecule has 9 nitrogen and oxygen atoms in total. The molecule has 1 heterocycles. The minimum absolute atomic E-state index is 0.0672. The number of ether oxygens (including phenoxy) is 2. The Balaban J connectivity index is 1.65. The van der Waals surface area contributed by atoms with Crippen LogP contribution in [0.1, 0.15) is 21.6 Å². The fourth-order valence-electron chi connectivity index (χ4n) is 3.12. The van der Waals surface area contributed by atoms with Gasteiger partial charge in [-0.25, -0.2) is 4.79 Å². The van der Waals surface area contributed by atoms with Gasteiger partial charge in [0.1, 0.15) is 29.5 Å². The summed E-state index contributed by atoms with van der Waals surface area (Å²) in [5, 5.41) is 10.4. The average molecular weight is 518 g/mol. The van der Waals surface area contributed by atoms with Crippen LogP contribution in [-0.2, 0) is 12.7 Å². The molecule has 1 aromatic heterocycles.